The molecule has 0 saturated heterocycles. The van der Waals surface area contributed by atoms with Crippen molar-refractivity contribution in [1.29, 1.82) is 0 Å². The van der Waals surface area contributed by atoms with Crippen molar-refractivity contribution >= 4 is 5.78 Å². The molecule has 0 heterocycles. The number of hydrogen-bond donors (Lipinski definition) is 0. The van der Waals surface area contributed by atoms with Gasteiger partial charge in [0.25, 0.3) is 0 Å². The van der Waals surface area contributed by atoms with Crippen LogP contribution in [0.1, 0.15) is 30.3 Å². The maximum atomic E-state index is 11.2. The predicted octanol–water partition coefficient (Wildman–Crippen LogP) is 4.50. The SMILES string of the molecule is C.CC(=O)c1ccc(-c2ccccc2C)cc1. The highest BCUT2D eigenvalue weighted by Gasteiger charge is 2.02. The number of benzene rings is 2. The molecule has 1 nitrogen and oxygen atoms in total. The third-order valence-electron chi connectivity index (χ3n) is 2.75. The zero-order valence-electron chi connectivity index (χ0n) is 9.53. The van der Waals surface area contributed by atoms with E-state index in [1.165, 1.54) is 11.1 Å². The van der Waals surface area contributed by atoms with Gasteiger partial charge in [0, 0.05) is 5.56 Å². The van der Waals surface area contributed by atoms with Gasteiger partial charge in [0.2, 0.25) is 0 Å². The summed E-state index contributed by atoms with van der Waals surface area (Å²) in [5.74, 6) is 0.108. The van der Waals surface area contributed by atoms with E-state index in [-0.39, 0.29) is 13.2 Å². The molecule has 2 aromatic carbocycles. The lowest BCUT2D eigenvalue weighted by atomic mass is 9.99. The molecule has 0 unspecified atom stereocenters. The first-order chi connectivity index (χ1) is 7.68. The summed E-state index contributed by atoms with van der Waals surface area (Å²) in [6, 6.07) is 16.0. The third kappa shape index (κ3) is 2.82. The second kappa shape index (κ2) is 5.44. The molecule has 0 aliphatic carbocycles. The molecule has 0 bridgehead atoms. The highest BCUT2D eigenvalue weighted by molar-refractivity contribution is 5.94. The molecule has 1 heteroatoms. The molecular formula is C16H18O. The van der Waals surface area contributed by atoms with Gasteiger partial charge in [0.1, 0.15) is 0 Å². The molecular weight excluding hydrogens is 208 g/mol. The Morgan fingerprint density at radius 2 is 1.53 bits per heavy atom. The van der Waals surface area contributed by atoms with Crippen molar-refractivity contribution in [2.45, 2.75) is 21.3 Å². The van der Waals surface area contributed by atoms with Gasteiger partial charge in [-0.15, -0.1) is 0 Å². The van der Waals surface area contributed by atoms with Crippen LogP contribution in [0.3, 0.4) is 0 Å². The third-order valence-corrected chi connectivity index (χ3v) is 2.75. The molecule has 0 spiro atoms. The van der Waals surface area contributed by atoms with Crippen molar-refractivity contribution in [3.8, 4) is 11.1 Å². The fourth-order valence-electron chi connectivity index (χ4n) is 1.78. The topological polar surface area (TPSA) is 17.1 Å². The summed E-state index contributed by atoms with van der Waals surface area (Å²) in [6.07, 6.45) is 0. The number of Topliss-reactive ketones (excluding diaryl/α,β-unsaturated/α-hetero) is 1. The number of carbonyl (C=O) groups is 1. The minimum atomic E-state index is 0. The molecule has 0 radical (unpaired) electrons. The Labute approximate surface area is 103 Å². The van der Waals surface area contributed by atoms with Gasteiger partial charge >= 0.3 is 0 Å². The van der Waals surface area contributed by atoms with E-state index in [4.69, 9.17) is 0 Å². The molecule has 0 amide bonds. The average Bonchev–Trinajstić information content (AvgIpc) is 2.30. The van der Waals surface area contributed by atoms with Crippen molar-refractivity contribution in [2.75, 3.05) is 0 Å². The zero-order chi connectivity index (χ0) is 11.5. The van der Waals surface area contributed by atoms with Crippen LogP contribution < -0.4 is 0 Å². The van der Waals surface area contributed by atoms with Crippen LogP contribution in [0.25, 0.3) is 11.1 Å². The second-order valence-corrected chi connectivity index (χ2v) is 3.95. The second-order valence-electron chi connectivity index (χ2n) is 3.95. The fraction of sp³-hybridized carbons (Fsp3) is 0.188. The molecule has 0 saturated carbocycles. The van der Waals surface area contributed by atoms with Crippen LogP contribution in [0.2, 0.25) is 0 Å². The maximum absolute atomic E-state index is 11.2. The quantitative estimate of drug-likeness (QED) is 0.689. The Balaban J connectivity index is 0.00000144. The first kappa shape index (κ1) is 13.2. The van der Waals surface area contributed by atoms with E-state index >= 15 is 0 Å². The first-order valence-electron chi connectivity index (χ1n) is 5.35. The maximum Gasteiger partial charge on any atom is 0.159 e. The smallest absolute Gasteiger partial charge is 0.159 e. The lowest BCUT2D eigenvalue weighted by molar-refractivity contribution is 0.101. The number of hydrogen-bond acceptors (Lipinski definition) is 1. The van der Waals surface area contributed by atoms with Crippen LogP contribution in [-0.2, 0) is 0 Å². The molecule has 0 atom stereocenters. The van der Waals surface area contributed by atoms with Gasteiger partial charge in [-0.2, -0.15) is 0 Å². The van der Waals surface area contributed by atoms with E-state index < -0.39 is 0 Å². The zero-order valence-corrected chi connectivity index (χ0v) is 9.53. The normalized spacial score (nSPS) is 9.53. The van der Waals surface area contributed by atoms with Crippen LogP contribution in [0, 0.1) is 6.92 Å². The van der Waals surface area contributed by atoms with E-state index in [9.17, 15) is 4.79 Å². The van der Waals surface area contributed by atoms with Crippen LogP contribution in [0.4, 0.5) is 0 Å². The minimum Gasteiger partial charge on any atom is -0.295 e. The lowest BCUT2D eigenvalue weighted by Gasteiger charge is -2.05. The summed E-state index contributed by atoms with van der Waals surface area (Å²) in [4.78, 5) is 11.2. The monoisotopic (exact) mass is 226 g/mol. The molecule has 2 rings (SSSR count). The van der Waals surface area contributed by atoms with Gasteiger partial charge in [0.15, 0.2) is 5.78 Å². The van der Waals surface area contributed by atoms with Crippen molar-refractivity contribution in [2.24, 2.45) is 0 Å². The fourth-order valence-corrected chi connectivity index (χ4v) is 1.78. The van der Waals surface area contributed by atoms with E-state index in [0.717, 1.165) is 11.1 Å². The number of rotatable bonds is 2. The predicted molar refractivity (Wildman–Crippen MR) is 73.4 cm³/mol. The van der Waals surface area contributed by atoms with Crippen molar-refractivity contribution in [3.63, 3.8) is 0 Å². The first-order valence-corrected chi connectivity index (χ1v) is 5.35. The molecule has 0 aromatic heterocycles. The summed E-state index contributed by atoms with van der Waals surface area (Å²) in [5.41, 5.74) is 4.39. The van der Waals surface area contributed by atoms with Gasteiger partial charge in [-0.3, -0.25) is 4.79 Å². The average molecular weight is 226 g/mol. The minimum absolute atomic E-state index is 0. The van der Waals surface area contributed by atoms with Crippen LogP contribution >= 0.6 is 0 Å². The van der Waals surface area contributed by atoms with Crippen molar-refractivity contribution in [3.05, 3.63) is 59.7 Å². The van der Waals surface area contributed by atoms with Gasteiger partial charge in [0.05, 0.1) is 0 Å². The largest absolute Gasteiger partial charge is 0.295 e. The Morgan fingerprint density at radius 3 is 2.06 bits per heavy atom. The molecule has 88 valence electrons. The highest BCUT2D eigenvalue weighted by Crippen LogP contribution is 2.23. The highest BCUT2D eigenvalue weighted by atomic mass is 16.1. The van der Waals surface area contributed by atoms with Gasteiger partial charge < -0.3 is 0 Å². The van der Waals surface area contributed by atoms with Gasteiger partial charge in [-0.05, 0) is 30.5 Å². The number of aryl methyl sites for hydroxylation is 1. The van der Waals surface area contributed by atoms with E-state index in [0.29, 0.717) is 0 Å². The number of carbonyl (C=O) groups excluding carboxylic acids is 1. The van der Waals surface area contributed by atoms with E-state index in [1.807, 2.05) is 36.4 Å². The Hall–Kier alpha value is -1.89. The summed E-state index contributed by atoms with van der Waals surface area (Å²) in [6.45, 7) is 3.68. The summed E-state index contributed by atoms with van der Waals surface area (Å²) >= 11 is 0. The van der Waals surface area contributed by atoms with Crippen LogP contribution in [0.15, 0.2) is 48.5 Å². The Bertz CT molecular complexity index is 509. The Morgan fingerprint density at radius 1 is 0.941 bits per heavy atom. The van der Waals surface area contributed by atoms with Crippen molar-refractivity contribution < 1.29 is 4.79 Å². The van der Waals surface area contributed by atoms with Crippen molar-refractivity contribution in [1.82, 2.24) is 0 Å². The number of ketones is 1. The Kier molecular flexibility index (Phi) is 4.22. The van der Waals surface area contributed by atoms with Gasteiger partial charge in [-0.25, -0.2) is 0 Å². The van der Waals surface area contributed by atoms with Gasteiger partial charge in [-0.1, -0.05) is 56.0 Å². The van der Waals surface area contributed by atoms with Crippen LogP contribution in [0.5, 0.6) is 0 Å². The molecule has 2 aromatic rings. The molecule has 0 aliphatic rings. The van der Waals surface area contributed by atoms with E-state index in [2.05, 4.69) is 19.1 Å². The van der Waals surface area contributed by atoms with Crippen LogP contribution in [-0.4, -0.2) is 5.78 Å². The summed E-state index contributed by atoms with van der Waals surface area (Å²) in [7, 11) is 0. The molecule has 0 fully saturated rings. The molecule has 17 heavy (non-hydrogen) atoms. The summed E-state index contributed by atoms with van der Waals surface area (Å²) in [5, 5.41) is 0. The summed E-state index contributed by atoms with van der Waals surface area (Å²) < 4.78 is 0. The molecule has 0 N–H and O–H groups in total. The van der Waals surface area contributed by atoms with E-state index in [1.54, 1.807) is 6.92 Å². The lowest BCUT2D eigenvalue weighted by Crippen LogP contribution is -1.91. The molecule has 0 aliphatic heterocycles. The standard InChI is InChI=1S/C15H14O.CH4/c1-11-5-3-4-6-15(11)14-9-7-13(8-10-14)12(2)16;/h3-10H,1-2H3;1H4.